The number of ether oxygens (including phenoxy) is 1. The molecule has 0 unspecified atom stereocenters. The van der Waals surface area contributed by atoms with E-state index in [1.807, 2.05) is 6.92 Å². The van der Waals surface area contributed by atoms with Crippen LogP contribution in [-0.4, -0.2) is 30.0 Å². The minimum Gasteiger partial charge on any atom is -0.452 e. The fourth-order valence-electron chi connectivity index (χ4n) is 1.73. The van der Waals surface area contributed by atoms with Gasteiger partial charge in [0.15, 0.2) is 6.61 Å². The number of carbonyl (C=O) groups excluding carboxylic acids is 2. The van der Waals surface area contributed by atoms with Crippen LogP contribution in [0, 0.1) is 17.0 Å². The monoisotopic (exact) mass is 294 g/mol. The molecule has 0 heterocycles. The van der Waals surface area contributed by atoms with Crippen molar-refractivity contribution in [3.05, 3.63) is 39.4 Å². The van der Waals surface area contributed by atoms with Crippen LogP contribution in [0.25, 0.3) is 0 Å². The first-order valence-corrected chi connectivity index (χ1v) is 6.65. The molecule has 0 aromatic heterocycles. The Morgan fingerprint density at radius 2 is 2.10 bits per heavy atom. The zero-order valence-electron chi connectivity index (χ0n) is 12.0. The van der Waals surface area contributed by atoms with E-state index in [4.69, 9.17) is 4.74 Å². The summed E-state index contributed by atoms with van der Waals surface area (Å²) in [5.74, 6) is -1.30. The number of benzene rings is 1. The maximum atomic E-state index is 11.8. The molecule has 1 rings (SSSR count). The summed E-state index contributed by atoms with van der Waals surface area (Å²) in [5, 5.41) is 13.6. The van der Waals surface area contributed by atoms with E-state index >= 15 is 0 Å². The third kappa shape index (κ3) is 4.87. The third-order valence-corrected chi connectivity index (χ3v) is 2.83. The van der Waals surface area contributed by atoms with E-state index in [0.717, 1.165) is 12.8 Å². The highest BCUT2D eigenvalue weighted by Gasteiger charge is 2.23. The SMILES string of the molecule is CCCCNC(=O)COC(=O)c1cccc(C)c1[N+](=O)[O-]. The van der Waals surface area contributed by atoms with E-state index in [1.54, 1.807) is 0 Å². The van der Waals surface area contributed by atoms with Gasteiger partial charge >= 0.3 is 5.97 Å². The van der Waals surface area contributed by atoms with Gasteiger partial charge in [-0.05, 0) is 19.4 Å². The van der Waals surface area contributed by atoms with Crippen LogP contribution in [0.15, 0.2) is 18.2 Å². The van der Waals surface area contributed by atoms with Gasteiger partial charge < -0.3 is 10.1 Å². The van der Waals surface area contributed by atoms with Crippen molar-refractivity contribution < 1.29 is 19.2 Å². The van der Waals surface area contributed by atoms with Crippen molar-refractivity contribution in [2.45, 2.75) is 26.7 Å². The van der Waals surface area contributed by atoms with E-state index in [9.17, 15) is 19.7 Å². The molecule has 1 N–H and O–H groups in total. The van der Waals surface area contributed by atoms with E-state index in [-0.39, 0.29) is 11.3 Å². The summed E-state index contributed by atoms with van der Waals surface area (Å²) in [7, 11) is 0. The fourth-order valence-corrected chi connectivity index (χ4v) is 1.73. The number of para-hydroxylation sites is 1. The lowest BCUT2D eigenvalue weighted by Crippen LogP contribution is -2.29. The number of nitro groups is 1. The Morgan fingerprint density at radius 1 is 1.38 bits per heavy atom. The summed E-state index contributed by atoms with van der Waals surface area (Å²) in [4.78, 5) is 33.6. The number of esters is 1. The zero-order valence-corrected chi connectivity index (χ0v) is 12.0. The van der Waals surface area contributed by atoms with Crippen molar-refractivity contribution in [3.8, 4) is 0 Å². The van der Waals surface area contributed by atoms with E-state index in [1.165, 1.54) is 25.1 Å². The first-order chi connectivity index (χ1) is 9.97. The van der Waals surface area contributed by atoms with Gasteiger partial charge in [0.25, 0.3) is 11.6 Å². The van der Waals surface area contributed by atoms with Gasteiger partial charge in [0.1, 0.15) is 5.56 Å². The number of rotatable bonds is 7. The average Bonchev–Trinajstić information content (AvgIpc) is 2.44. The standard InChI is InChI=1S/C14H18N2O5/c1-3-4-8-15-12(17)9-21-14(18)11-7-5-6-10(2)13(11)16(19)20/h5-7H,3-4,8-9H2,1-2H3,(H,15,17). The minimum atomic E-state index is -0.879. The van der Waals surface area contributed by atoms with Crippen LogP contribution in [0.3, 0.4) is 0 Å². The quantitative estimate of drug-likeness (QED) is 0.359. The molecular weight excluding hydrogens is 276 g/mol. The van der Waals surface area contributed by atoms with Gasteiger partial charge in [-0.3, -0.25) is 14.9 Å². The Hall–Kier alpha value is -2.44. The predicted molar refractivity (Wildman–Crippen MR) is 76.0 cm³/mol. The number of carbonyl (C=O) groups is 2. The number of hydrogen-bond acceptors (Lipinski definition) is 5. The molecule has 7 heteroatoms. The number of unbranched alkanes of at least 4 members (excludes halogenated alkanes) is 1. The van der Waals surface area contributed by atoms with Crippen LogP contribution in [0.2, 0.25) is 0 Å². The third-order valence-electron chi connectivity index (χ3n) is 2.83. The van der Waals surface area contributed by atoms with E-state index < -0.39 is 23.4 Å². The molecule has 0 saturated heterocycles. The summed E-state index contributed by atoms with van der Waals surface area (Å²) in [6.45, 7) is 3.58. The number of nitrogens with zero attached hydrogens (tertiary/aromatic N) is 1. The summed E-state index contributed by atoms with van der Waals surface area (Å²) < 4.78 is 4.81. The van der Waals surface area contributed by atoms with Crippen molar-refractivity contribution in [2.24, 2.45) is 0 Å². The Kier molecular flexibility index (Phi) is 6.32. The summed E-state index contributed by atoms with van der Waals surface area (Å²) >= 11 is 0. The molecule has 1 amide bonds. The van der Waals surface area contributed by atoms with Crippen LogP contribution in [0.1, 0.15) is 35.7 Å². The molecule has 1 aromatic carbocycles. The van der Waals surface area contributed by atoms with Crippen molar-refractivity contribution in [3.63, 3.8) is 0 Å². The van der Waals surface area contributed by atoms with Gasteiger partial charge in [-0.1, -0.05) is 25.5 Å². The van der Waals surface area contributed by atoms with Gasteiger partial charge in [0, 0.05) is 12.1 Å². The summed E-state index contributed by atoms with van der Waals surface area (Å²) in [5.41, 5.74) is -0.0860. The van der Waals surface area contributed by atoms with Gasteiger partial charge in [0.2, 0.25) is 0 Å². The van der Waals surface area contributed by atoms with Crippen molar-refractivity contribution in [2.75, 3.05) is 13.2 Å². The first kappa shape index (κ1) is 16.6. The molecule has 0 aliphatic carbocycles. The van der Waals surface area contributed by atoms with Gasteiger partial charge in [-0.25, -0.2) is 4.79 Å². The van der Waals surface area contributed by atoms with Crippen LogP contribution in [-0.2, 0) is 9.53 Å². The Bertz CT molecular complexity index is 542. The Labute approximate surface area is 122 Å². The van der Waals surface area contributed by atoms with Crippen LogP contribution >= 0.6 is 0 Å². The lowest BCUT2D eigenvalue weighted by atomic mass is 10.1. The minimum absolute atomic E-state index is 0.152. The van der Waals surface area contributed by atoms with Crippen molar-refractivity contribution >= 4 is 17.6 Å². The Morgan fingerprint density at radius 3 is 2.71 bits per heavy atom. The molecule has 0 fully saturated rings. The number of amides is 1. The highest BCUT2D eigenvalue weighted by Crippen LogP contribution is 2.23. The molecule has 114 valence electrons. The van der Waals surface area contributed by atoms with E-state index in [2.05, 4.69) is 5.32 Å². The highest BCUT2D eigenvalue weighted by molar-refractivity contribution is 5.95. The summed E-state index contributed by atoms with van der Waals surface area (Å²) in [6.07, 6.45) is 1.78. The van der Waals surface area contributed by atoms with Crippen molar-refractivity contribution in [1.29, 1.82) is 0 Å². The molecule has 0 atom stereocenters. The van der Waals surface area contributed by atoms with Gasteiger partial charge in [-0.15, -0.1) is 0 Å². The smallest absolute Gasteiger partial charge is 0.345 e. The zero-order chi connectivity index (χ0) is 15.8. The molecule has 0 radical (unpaired) electrons. The second kappa shape index (κ2) is 7.98. The van der Waals surface area contributed by atoms with Crippen LogP contribution in [0.5, 0.6) is 0 Å². The van der Waals surface area contributed by atoms with Gasteiger partial charge in [0.05, 0.1) is 4.92 Å². The molecule has 1 aromatic rings. The van der Waals surface area contributed by atoms with Crippen LogP contribution in [0.4, 0.5) is 5.69 Å². The van der Waals surface area contributed by atoms with Crippen LogP contribution < -0.4 is 5.32 Å². The fraction of sp³-hybridized carbons (Fsp3) is 0.429. The lowest BCUT2D eigenvalue weighted by molar-refractivity contribution is -0.385. The average molecular weight is 294 g/mol. The molecule has 0 spiro atoms. The molecule has 0 bridgehead atoms. The number of hydrogen-bond donors (Lipinski definition) is 1. The maximum absolute atomic E-state index is 11.8. The highest BCUT2D eigenvalue weighted by atomic mass is 16.6. The molecule has 0 saturated carbocycles. The molecular formula is C14H18N2O5. The Balaban J connectivity index is 2.67. The largest absolute Gasteiger partial charge is 0.452 e. The second-order valence-electron chi connectivity index (χ2n) is 4.51. The first-order valence-electron chi connectivity index (χ1n) is 6.65. The van der Waals surface area contributed by atoms with Crippen molar-refractivity contribution in [1.82, 2.24) is 5.32 Å². The number of nitrogens with one attached hydrogen (secondary N) is 1. The molecule has 7 nitrogen and oxygen atoms in total. The second-order valence-corrected chi connectivity index (χ2v) is 4.51. The molecule has 0 aliphatic rings. The topological polar surface area (TPSA) is 98.5 Å². The maximum Gasteiger partial charge on any atom is 0.345 e. The molecule has 21 heavy (non-hydrogen) atoms. The summed E-state index contributed by atoms with van der Waals surface area (Å²) in [6, 6.07) is 4.37. The van der Waals surface area contributed by atoms with Gasteiger partial charge in [-0.2, -0.15) is 0 Å². The number of aryl methyl sites for hydroxylation is 1. The normalized spacial score (nSPS) is 10.0. The number of nitro benzene ring substituents is 1. The van der Waals surface area contributed by atoms with E-state index in [0.29, 0.717) is 12.1 Å². The molecule has 0 aliphatic heterocycles. The lowest BCUT2D eigenvalue weighted by Gasteiger charge is -2.07. The predicted octanol–water partition coefficient (Wildman–Crippen LogP) is 1.98.